The average molecular weight is 370 g/mol. The Labute approximate surface area is 162 Å². The van der Waals surface area contributed by atoms with Crippen LogP contribution in [0.15, 0.2) is 30.3 Å². The summed E-state index contributed by atoms with van der Waals surface area (Å²) in [6.07, 6.45) is 0.992. The van der Waals surface area contributed by atoms with Gasteiger partial charge in [-0.2, -0.15) is 0 Å². The van der Waals surface area contributed by atoms with E-state index in [1.165, 1.54) is 22.3 Å². The van der Waals surface area contributed by atoms with Gasteiger partial charge in [-0.3, -0.25) is 0 Å². The van der Waals surface area contributed by atoms with Crippen LogP contribution in [0.25, 0.3) is 0 Å². The zero-order valence-corrected chi connectivity index (χ0v) is 17.1. The molecule has 1 unspecified atom stereocenters. The molecule has 0 spiro atoms. The fraction of sp³-hybridized carbons (Fsp3) is 0.478. The van der Waals surface area contributed by atoms with Gasteiger partial charge in [-0.15, -0.1) is 0 Å². The van der Waals surface area contributed by atoms with Crippen LogP contribution in [0.5, 0.6) is 17.2 Å². The van der Waals surface area contributed by atoms with Gasteiger partial charge in [0.05, 0.1) is 26.4 Å². The summed E-state index contributed by atoms with van der Waals surface area (Å²) in [6.45, 7) is 10.6. The summed E-state index contributed by atoms with van der Waals surface area (Å²) in [4.78, 5) is 0. The Morgan fingerprint density at radius 2 is 1.70 bits per heavy atom. The van der Waals surface area contributed by atoms with Crippen molar-refractivity contribution < 1.29 is 14.2 Å². The number of benzene rings is 2. The molecular formula is C23H31NO3. The van der Waals surface area contributed by atoms with Crippen molar-refractivity contribution >= 4 is 0 Å². The van der Waals surface area contributed by atoms with E-state index in [0.29, 0.717) is 19.1 Å². The maximum atomic E-state index is 5.87. The van der Waals surface area contributed by atoms with Crippen molar-refractivity contribution in [2.45, 2.75) is 46.1 Å². The van der Waals surface area contributed by atoms with Crippen LogP contribution < -0.4 is 19.5 Å². The smallest absolute Gasteiger partial charge is 0.161 e. The predicted octanol–water partition coefficient (Wildman–Crippen LogP) is 4.85. The van der Waals surface area contributed by atoms with Crippen molar-refractivity contribution in [3.63, 3.8) is 0 Å². The normalized spacial score (nSPS) is 16.1. The zero-order valence-electron chi connectivity index (χ0n) is 17.1. The summed E-state index contributed by atoms with van der Waals surface area (Å²) in [5.74, 6) is 3.02. The maximum absolute atomic E-state index is 5.87. The van der Waals surface area contributed by atoms with E-state index >= 15 is 0 Å². The van der Waals surface area contributed by atoms with Gasteiger partial charge in [0.2, 0.25) is 0 Å². The van der Waals surface area contributed by atoms with Crippen LogP contribution in [-0.4, -0.2) is 26.9 Å². The van der Waals surface area contributed by atoms with E-state index in [1.54, 1.807) is 7.11 Å². The molecule has 1 atom stereocenters. The van der Waals surface area contributed by atoms with E-state index in [-0.39, 0.29) is 6.04 Å². The lowest BCUT2D eigenvalue weighted by Gasteiger charge is -2.29. The number of hydrogen-bond acceptors (Lipinski definition) is 4. The second-order valence-electron chi connectivity index (χ2n) is 7.16. The van der Waals surface area contributed by atoms with Crippen LogP contribution in [0, 0.1) is 0 Å². The van der Waals surface area contributed by atoms with Gasteiger partial charge < -0.3 is 19.5 Å². The molecule has 0 aromatic heterocycles. The molecule has 3 rings (SSSR count). The first-order valence-corrected chi connectivity index (χ1v) is 9.92. The fourth-order valence-electron chi connectivity index (χ4n) is 3.78. The summed E-state index contributed by atoms with van der Waals surface area (Å²) in [5.41, 5.74) is 5.09. The maximum Gasteiger partial charge on any atom is 0.161 e. The molecular weight excluding hydrogens is 338 g/mol. The highest BCUT2D eigenvalue weighted by molar-refractivity contribution is 5.52. The zero-order chi connectivity index (χ0) is 19.4. The van der Waals surface area contributed by atoms with Crippen LogP contribution >= 0.6 is 0 Å². The first-order valence-electron chi connectivity index (χ1n) is 9.92. The van der Waals surface area contributed by atoms with Crippen molar-refractivity contribution in [3.05, 3.63) is 52.6 Å². The Hall–Kier alpha value is -2.20. The van der Waals surface area contributed by atoms with E-state index in [0.717, 1.165) is 30.2 Å². The third-order valence-electron chi connectivity index (χ3n) is 5.07. The predicted molar refractivity (Wildman–Crippen MR) is 109 cm³/mol. The molecule has 0 saturated heterocycles. The van der Waals surface area contributed by atoms with Gasteiger partial charge in [0.15, 0.2) is 11.5 Å². The van der Waals surface area contributed by atoms with Crippen LogP contribution in [0.3, 0.4) is 0 Å². The molecule has 1 heterocycles. The molecule has 4 nitrogen and oxygen atoms in total. The van der Waals surface area contributed by atoms with E-state index in [9.17, 15) is 0 Å². The van der Waals surface area contributed by atoms with E-state index in [2.05, 4.69) is 49.5 Å². The summed E-state index contributed by atoms with van der Waals surface area (Å²) in [6, 6.07) is 11.0. The topological polar surface area (TPSA) is 39.7 Å². The summed E-state index contributed by atoms with van der Waals surface area (Å²) in [5, 5.41) is 3.68. The lowest BCUT2D eigenvalue weighted by atomic mass is 9.87. The molecule has 1 aliphatic heterocycles. The molecule has 146 valence electrons. The number of ether oxygens (including phenoxy) is 3. The molecule has 2 aromatic carbocycles. The molecule has 1 aliphatic rings. The van der Waals surface area contributed by atoms with E-state index < -0.39 is 0 Å². The lowest BCUT2D eigenvalue weighted by molar-refractivity contribution is 0.286. The first-order chi connectivity index (χ1) is 13.1. The Bertz CT molecular complexity index is 785. The van der Waals surface area contributed by atoms with Crippen molar-refractivity contribution in [3.8, 4) is 17.2 Å². The highest BCUT2D eigenvalue weighted by atomic mass is 16.5. The van der Waals surface area contributed by atoms with Gasteiger partial charge in [0, 0.05) is 6.54 Å². The third kappa shape index (κ3) is 4.06. The van der Waals surface area contributed by atoms with Crippen molar-refractivity contribution in [1.82, 2.24) is 5.32 Å². The largest absolute Gasteiger partial charge is 0.496 e. The Balaban J connectivity index is 2.05. The first kappa shape index (κ1) is 19.6. The second kappa shape index (κ2) is 8.66. The highest BCUT2D eigenvalue weighted by Crippen LogP contribution is 2.39. The lowest BCUT2D eigenvalue weighted by Crippen LogP contribution is -2.30. The van der Waals surface area contributed by atoms with Crippen molar-refractivity contribution in [2.24, 2.45) is 0 Å². The van der Waals surface area contributed by atoms with Crippen LogP contribution in [0.2, 0.25) is 0 Å². The molecule has 4 heteroatoms. The van der Waals surface area contributed by atoms with E-state index in [4.69, 9.17) is 14.2 Å². The van der Waals surface area contributed by atoms with Gasteiger partial charge in [0.1, 0.15) is 5.75 Å². The fourth-order valence-corrected chi connectivity index (χ4v) is 3.78. The molecule has 2 aromatic rings. The summed E-state index contributed by atoms with van der Waals surface area (Å²) < 4.78 is 17.2. The van der Waals surface area contributed by atoms with Gasteiger partial charge in [0.25, 0.3) is 0 Å². The van der Waals surface area contributed by atoms with Gasteiger partial charge in [-0.25, -0.2) is 0 Å². The Morgan fingerprint density at radius 3 is 2.33 bits per heavy atom. The molecule has 0 aliphatic carbocycles. The third-order valence-corrected chi connectivity index (χ3v) is 5.07. The van der Waals surface area contributed by atoms with Crippen LogP contribution in [0.4, 0.5) is 0 Å². The monoisotopic (exact) mass is 369 g/mol. The minimum Gasteiger partial charge on any atom is -0.496 e. The standard InChI is InChI=1S/C23H31NO3/c1-6-26-21-13-16-10-11-24-23(19(16)14-22(21)27-7-2)17-8-9-20(25-5)18(12-17)15(3)4/h8-9,12-15,23-24H,6-7,10-11H2,1-5H3. The van der Waals surface area contributed by atoms with Crippen molar-refractivity contribution in [2.75, 3.05) is 26.9 Å². The SMILES string of the molecule is CCOc1cc2c(cc1OCC)C(c1ccc(OC)c(C(C)C)c1)NCC2. The molecule has 0 bridgehead atoms. The molecule has 0 amide bonds. The molecule has 0 saturated carbocycles. The molecule has 27 heavy (non-hydrogen) atoms. The van der Waals surface area contributed by atoms with E-state index in [1.807, 2.05) is 13.8 Å². The molecule has 0 fully saturated rings. The highest BCUT2D eigenvalue weighted by Gasteiger charge is 2.25. The van der Waals surface area contributed by atoms with Crippen LogP contribution in [-0.2, 0) is 6.42 Å². The second-order valence-corrected chi connectivity index (χ2v) is 7.16. The minimum atomic E-state index is 0.145. The number of nitrogens with one attached hydrogen (secondary N) is 1. The molecule has 0 radical (unpaired) electrons. The number of methoxy groups -OCH3 is 1. The Morgan fingerprint density at radius 1 is 1.00 bits per heavy atom. The average Bonchev–Trinajstić information content (AvgIpc) is 2.68. The quantitative estimate of drug-likeness (QED) is 0.757. The van der Waals surface area contributed by atoms with Gasteiger partial charge in [-0.1, -0.05) is 19.9 Å². The number of hydrogen-bond donors (Lipinski definition) is 1. The van der Waals surface area contributed by atoms with Gasteiger partial charge in [-0.05, 0) is 72.7 Å². The van der Waals surface area contributed by atoms with Crippen molar-refractivity contribution in [1.29, 1.82) is 0 Å². The minimum absolute atomic E-state index is 0.145. The summed E-state index contributed by atoms with van der Waals surface area (Å²) in [7, 11) is 1.73. The number of fused-ring (bicyclic) bond motifs is 1. The van der Waals surface area contributed by atoms with Gasteiger partial charge >= 0.3 is 0 Å². The number of rotatable bonds is 7. The Kier molecular flexibility index (Phi) is 6.27. The summed E-state index contributed by atoms with van der Waals surface area (Å²) >= 11 is 0. The molecule has 1 N–H and O–H groups in total. The van der Waals surface area contributed by atoms with Crippen LogP contribution in [0.1, 0.15) is 61.9 Å².